The molecule has 6 rings (SSSR count). The van der Waals surface area contributed by atoms with Gasteiger partial charge in [-0.25, -0.2) is 8.78 Å². The van der Waals surface area contributed by atoms with Crippen molar-refractivity contribution in [2.45, 2.75) is 31.9 Å². The van der Waals surface area contributed by atoms with Crippen molar-refractivity contribution in [1.82, 2.24) is 4.90 Å². The molecule has 2 fully saturated rings. The summed E-state index contributed by atoms with van der Waals surface area (Å²) in [5.41, 5.74) is 4.41. The maximum Gasteiger partial charge on any atom is 0.257 e. The molecule has 0 spiro atoms. The lowest BCUT2D eigenvalue weighted by Gasteiger charge is -2.31. The number of likely N-dealkylation sites (tertiary alicyclic amines) is 1. The predicted octanol–water partition coefficient (Wildman–Crippen LogP) is 6.13. The molecule has 37 heavy (non-hydrogen) atoms. The Morgan fingerprint density at radius 1 is 1.00 bits per heavy atom. The summed E-state index contributed by atoms with van der Waals surface area (Å²) in [6.07, 6.45) is -0.426. The first-order chi connectivity index (χ1) is 17.7. The molecule has 1 saturated heterocycles. The van der Waals surface area contributed by atoms with E-state index in [-0.39, 0.29) is 17.5 Å². The summed E-state index contributed by atoms with van der Waals surface area (Å²) in [6, 6.07) is 19.9. The molecule has 5 nitrogen and oxygen atoms in total. The lowest BCUT2D eigenvalue weighted by atomic mass is 9.86. The molecule has 2 N–H and O–H groups in total. The molecule has 0 radical (unpaired) electrons. The second-order valence-electron chi connectivity index (χ2n) is 10.3. The first-order valence-electron chi connectivity index (χ1n) is 12.6. The van der Waals surface area contributed by atoms with Crippen molar-refractivity contribution in [1.29, 1.82) is 0 Å². The Morgan fingerprint density at radius 3 is 2.41 bits per heavy atom. The fourth-order valence-corrected chi connectivity index (χ4v) is 5.68. The second kappa shape index (κ2) is 8.77. The zero-order valence-corrected chi connectivity index (χ0v) is 20.7. The Kier molecular flexibility index (Phi) is 5.64. The highest BCUT2D eigenvalue weighted by Gasteiger charge is 2.71. The lowest BCUT2D eigenvalue weighted by molar-refractivity contribution is 0.0393. The standard InChI is InChI=1S/C30H29F2NO4/c1-17(33-14-25-26(15-33)30(25,31)32)16-36-23-9-6-19(7-10-23)29-28(20-4-3-5-21(34)12-20)18(2)24-13-22(35)8-11-27(24)37-29/h3-13,17,25-26,29,34-35H,14-16H2,1-2H3/t17-,25?,26?,29?/m0/s1. The second-order valence-corrected chi connectivity index (χ2v) is 10.3. The molecule has 4 atom stereocenters. The summed E-state index contributed by atoms with van der Waals surface area (Å²) in [5.74, 6) is -1.76. The fraction of sp³-hybridized carbons (Fsp3) is 0.333. The van der Waals surface area contributed by atoms with Crippen molar-refractivity contribution in [3.05, 3.63) is 83.4 Å². The first kappa shape index (κ1) is 23.8. The van der Waals surface area contributed by atoms with Gasteiger partial charge in [0.1, 0.15) is 35.7 Å². The zero-order chi connectivity index (χ0) is 25.9. The number of aromatic hydroxyl groups is 2. The van der Waals surface area contributed by atoms with Crippen molar-refractivity contribution in [3.63, 3.8) is 0 Å². The maximum absolute atomic E-state index is 13.5. The number of phenols is 2. The molecule has 3 aromatic rings. The van der Waals surface area contributed by atoms with E-state index in [2.05, 4.69) is 4.90 Å². The molecule has 2 aliphatic heterocycles. The zero-order valence-electron chi connectivity index (χ0n) is 20.7. The van der Waals surface area contributed by atoms with Gasteiger partial charge in [-0.1, -0.05) is 24.3 Å². The van der Waals surface area contributed by atoms with Crippen molar-refractivity contribution in [3.8, 4) is 23.0 Å². The van der Waals surface area contributed by atoms with E-state index in [1.54, 1.807) is 36.4 Å². The third-order valence-corrected chi connectivity index (χ3v) is 7.96. The quantitative estimate of drug-likeness (QED) is 0.422. The highest BCUT2D eigenvalue weighted by atomic mass is 19.3. The highest BCUT2D eigenvalue weighted by Crippen LogP contribution is 2.59. The predicted molar refractivity (Wildman–Crippen MR) is 137 cm³/mol. The summed E-state index contributed by atoms with van der Waals surface area (Å²) in [5, 5.41) is 20.2. The van der Waals surface area contributed by atoms with Gasteiger partial charge in [0.15, 0.2) is 0 Å². The summed E-state index contributed by atoms with van der Waals surface area (Å²) < 4.78 is 39.4. The smallest absolute Gasteiger partial charge is 0.257 e. The third-order valence-electron chi connectivity index (χ3n) is 7.96. The number of allylic oxidation sites excluding steroid dienone is 1. The van der Waals surface area contributed by atoms with Crippen LogP contribution in [-0.4, -0.2) is 46.8 Å². The summed E-state index contributed by atoms with van der Waals surface area (Å²) in [6.45, 7) is 5.29. The van der Waals surface area contributed by atoms with Gasteiger partial charge in [0.25, 0.3) is 5.92 Å². The van der Waals surface area contributed by atoms with E-state index in [9.17, 15) is 19.0 Å². The van der Waals surface area contributed by atoms with Crippen molar-refractivity contribution >= 4 is 11.1 Å². The number of nitrogens with zero attached hydrogens (tertiary/aromatic N) is 1. The number of hydrogen-bond donors (Lipinski definition) is 2. The summed E-state index contributed by atoms with van der Waals surface area (Å²) in [4.78, 5) is 2.08. The molecule has 192 valence electrons. The van der Waals surface area contributed by atoms with Crippen LogP contribution >= 0.6 is 0 Å². The SMILES string of the molecule is CC1=C(c2cccc(O)c2)C(c2ccc(OC[C@H](C)N3CC4C(C3)C4(F)F)cc2)Oc2ccc(O)cc21. The van der Waals surface area contributed by atoms with Crippen LogP contribution in [0.1, 0.15) is 36.6 Å². The van der Waals surface area contributed by atoms with Crippen LogP contribution in [0.4, 0.5) is 8.78 Å². The molecule has 1 saturated carbocycles. The molecular formula is C30H29F2NO4. The van der Waals surface area contributed by atoms with E-state index >= 15 is 0 Å². The number of hydrogen-bond acceptors (Lipinski definition) is 5. The van der Waals surface area contributed by atoms with Gasteiger partial charge in [-0.15, -0.1) is 0 Å². The Morgan fingerprint density at radius 2 is 1.70 bits per heavy atom. The molecule has 3 aromatic carbocycles. The van der Waals surface area contributed by atoms with Crippen LogP contribution in [0.2, 0.25) is 0 Å². The lowest BCUT2D eigenvalue weighted by Crippen LogP contribution is -2.38. The average molecular weight is 506 g/mol. The van der Waals surface area contributed by atoms with Crippen molar-refractivity contribution < 1.29 is 28.5 Å². The van der Waals surface area contributed by atoms with Gasteiger partial charge in [0.2, 0.25) is 0 Å². The van der Waals surface area contributed by atoms with Gasteiger partial charge in [0.05, 0.1) is 0 Å². The van der Waals surface area contributed by atoms with E-state index < -0.39 is 23.9 Å². The van der Waals surface area contributed by atoms with Crippen LogP contribution in [0.3, 0.4) is 0 Å². The number of alkyl halides is 2. The fourth-order valence-electron chi connectivity index (χ4n) is 5.68. The Balaban J connectivity index is 1.21. The van der Waals surface area contributed by atoms with Gasteiger partial charge in [-0.3, -0.25) is 4.90 Å². The first-order valence-corrected chi connectivity index (χ1v) is 12.6. The van der Waals surface area contributed by atoms with Gasteiger partial charge in [0, 0.05) is 42.1 Å². The number of fused-ring (bicyclic) bond motifs is 2. The molecule has 7 heteroatoms. The van der Waals surface area contributed by atoms with E-state index in [1.807, 2.05) is 44.2 Å². The van der Waals surface area contributed by atoms with E-state index in [1.165, 1.54) is 0 Å². The Hall–Kier alpha value is -3.58. The molecule has 3 unspecified atom stereocenters. The Labute approximate surface area is 214 Å². The summed E-state index contributed by atoms with van der Waals surface area (Å²) in [7, 11) is 0. The number of ether oxygens (including phenoxy) is 2. The van der Waals surface area contributed by atoms with Crippen molar-refractivity contribution in [2.75, 3.05) is 19.7 Å². The average Bonchev–Trinajstić information content (AvgIpc) is 3.20. The van der Waals surface area contributed by atoms with Gasteiger partial charge in [-0.2, -0.15) is 0 Å². The maximum atomic E-state index is 13.5. The number of piperidine rings is 1. The molecule has 0 bridgehead atoms. The monoisotopic (exact) mass is 505 g/mol. The van der Waals surface area contributed by atoms with Crippen LogP contribution in [0.25, 0.3) is 11.1 Å². The van der Waals surface area contributed by atoms with Crippen molar-refractivity contribution in [2.24, 2.45) is 11.8 Å². The molecule has 2 heterocycles. The molecule has 1 aliphatic carbocycles. The molecular weight excluding hydrogens is 476 g/mol. The Bertz CT molecular complexity index is 1360. The van der Waals surface area contributed by atoms with E-state index in [0.29, 0.717) is 31.2 Å². The van der Waals surface area contributed by atoms with E-state index in [0.717, 1.165) is 27.8 Å². The van der Waals surface area contributed by atoms with Gasteiger partial charge >= 0.3 is 0 Å². The molecule has 0 amide bonds. The van der Waals surface area contributed by atoms with Crippen LogP contribution in [0.5, 0.6) is 23.0 Å². The minimum Gasteiger partial charge on any atom is -0.508 e. The minimum atomic E-state index is -2.47. The number of rotatable bonds is 6. The van der Waals surface area contributed by atoms with Crippen LogP contribution < -0.4 is 9.47 Å². The van der Waals surface area contributed by atoms with Gasteiger partial charge in [-0.05, 0) is 73.0 Å². The highest BCUT2D eigenvalue weighted by molar-refractivity contribution is 5.95. The summed E-state index contributed by atoms with van der Waals surface area (Å²) >= 11 is 0. The normalized spacial score (nSPS) is 24.7. The third kappa shape index (κ3) is 4.21. The van der Waals surface area contributed by atoms with Crippen LogP contribution in [0.15, 0.2) is 66.7 Å². The molecule has 0 aromatic heterocycles. The minimum absolute atomic E-state index is 0.0563. The topological polar surface area (TPSA) is 62.2 Å². The largest absolute Gasteiger partial charge is 0.508 e. The number of halogens is 2. The van der Waals surface area contributed by atoms with E-state index in [4.69, 9.17) is 9.47 Å². The number of benzene rings is 3. The van der Waals surface area contributed by atoms with Gasteiger partial charge < -0.3 is 19.7 Å². The van der Waals surface area contributed by atoms with Crippen LogP contribution in [0, 0.1) is 11.8 Å². The number of phenolic OH excluding ortho intramolecular Hbond substituents is 2. The molecule has 3 aliphatic rings. The van der Waals surface area contributed by atoms with Crippen LogP contribution in [-0.2, 0) is 0 Å².